The van der Waals surface area contributed by atoms with Gasteiger partial charge in [0.25, 0.3) is 0 Å². The highest BCUT2D eigenvalue weighted by molar-refractivity contribution is 7.20. The Morgan fingerprint density at radius 1 is 1.33 bits per heavy atom. The van der Waals surface area contributed by atoms with Crippen LogP contribution >= 0.6 is 11.3 Å². The van der Waals surface area contributed by atoms with Gasteiger partial charge in [0.2, 0.25) is 0 Å². The van der Waals surface area contributed by atoms with Gasteiger partial charge < -0.3 is 5.11 Å². The molecule has 0 fully saturated rings. The molecule has 0 aliphatic rings. The van der Waals surface area contributed by atoms with Crippen LogP contribution in [0.5, 0.6) is 0 Å². The third-order valence-electron chi connectivity index (χ3n) is 3.38. The number of nitrogens with zero attached hydrogens (tertiary/aromatic N) is 2. The molecule has 0 aliphatic carbocycles. The highest BCUT2D eigenvalue weighted by Crippen LogP contribution is 2.32. The number of fused-ring (bicyclic) bond motifs is 1. The molecule has 5 heteroatoms. The molecule has 108 valence electrons. The predicted molar refractivity (Wildman–Crippen MR) is 84.2 cm³/mol. The van der Waals surface area contributed by atoms with E-state index in [-0.39, 0.29) is 5.92 Å². The second-order valence-electron chi connectivity index (χ2n) is 5.32. The maximum atomic E-state index is 11.2. The lowest BCUT2D eigenvalue weighted by Crippen LogP contribution is -2.02. The number of rotatable bonds is 4. The summed E-state index contributed by atoms with van der Waals surface area (Å²) in [5.41, 5.74) is 2.12. The van der Waals surface area contributed by atoms with Gasteiger partial charge in [-0.25, -0.2) is 4.79 Å². The van der Waals surface area contributed by atoms with Crippen LogP contribution in [0.1, 0.15) is 40.7 Å². The molecule has 0 saturated carbocycles. The third-order valence-corrected chi connectivity index (χ3v) is 4.52. The highest BCUT2D eigenvalue weighted by Gasteiger charge is 2.19. The first kappa shape index (κ1) is 13.8. The van der Waals surface area contributed by atoms with E-state index in [1.807, 2.05) is 35.0 Å². The standard InChI is InChI=1S/C16H16N2O2S/c1-10(2)14-12-8-13(16(19)20)21-15(12)18(17-14)9-11-6-4-3-5-7-11/h3-8,10H,9H2,1-2H3,(H,19,20). The number of aromatic nitrogens is 2. The third kappa shape index (κ3) is 2.56. The van der Waals surface area contributed by atoms with Crippen LogP contribution in [0.4, 0.5) is 0 Å². The maximum absolute atomic E-state index is 11.2. The molecule has 4 nitrogen and oxygen atoms in total. The maximum Gasteiger partial charge on any atom is 0.345 e. The van der Waals surface area contributed by atoms with Crippen molar-refractivity contribution in [2.24, 2.45) is 0 Å². The summed E-state index contributed by atoms with van der Waals surface area (Å²) in [7, 11) is 0. The average Bonchev–Trinajstić information content (AvgIpc) is 3.00. The van der Waals surface area contributed by atoms with Gasteiger partial charge in [0, 0.05) is 5.39 Å². The molecule has 0 bridgehead atoms. The Kier molecular flexibility index (Phi) is 3.51. The number of carboxylic acid groups (broad SMARTS) is 1. The van der Waals surface area contributed by atoms with Crippen LogP contribution in [0.15, 0.2) is 36.4 Å². The number of hydrogen-bond acceptors (Lipinski definition) is 3. The van der Waals surface area contributed by atoms with Crippen LogP contribution in [0.3, 0.4) is 0 Å². The van der Waals surface area contributed by atoms with Crippen LogP contribution in [0, 0.1) is 0 Å². The Balaban J connectivity index is 2.11. The Hall–Kier alpha value is -2.14. The first-order valence-corrected chi connectivity index (χ1v) is 7.65. The fourth-order valence-electron chi connectivity index (χ4n) is 2.38. The van der Waals surface area contributed by atoms with E-state index in [4.69, 9.17) is 0 Å². The summed E-state index contributed by atoms with van der Waals surface area (Å²) in [4.78, 5) is 12.5. The van der Waals surface area contributed by atoms with E-state index in [9.17, 15) is 9.90 Å². The summed E-state index contributed by atoms with van der Waals surface area (Å²) in [5.74, 6) is -0.613. The second kappa shape index (κ2) is 5.33. The van der Waals surface area contributed by atoms with Crippen molar-refractivity contribution in [3.05, 3.63) is 52.5 Å². The summed E-state index contributed by atoms with van der Waals surface area (Å²) in [6, 6.07) is 11.8. The van der Waals surface area contributed by atoms with E-state index >= 15 is 0 Å². The van der Waals surface area contributed by atoms with Crippen molar-refractivity contribution >= 4 is 27.5 Å². The van der Waals surface area contributed by atoms with Gasteiger partial charge in [0.05, 0.1) is 12.2 Å². The molecule has 1 aromatic carbocycles. The molecule has 3 rings (SSSR count). The molecular formula is C16H16N2O2S. The minimum Gasteiger partial charge on any atom is -0.477 e. The van der Waals surface area contributed by atoms with E-state index in [1.54, 1.807) is 6.07 Å². The number of benzene rings is 1. The van der Waals surface area contributed by atoms with E-state index < -0.39 is 5.97 Å². The van der Waals surface area contributed by atoms with Crippen molar-refractivity contribution in [2.45, 2.75) is 26.3 Å². The van der Waals surface area contributed by atoms with Gasteiger partial charge in [-0.15, -0.1) is 11.3 Å². The largest absolute Gasteiger partial charge is 0.477 e. The van der Waals surface area contributed by atoms with Crippen LogP contribution in [0.25, 0.3) is 10.2 Å². The number of carboxylic acids is 1. The zero-order valence-corrected chi connectivity index (χ0v) is 12.7. The summed E-state index contributed by atoms with van der Waals surface area (Å²) in [6.07, 6.45) is 0. The summed E-state index contributed by atoms with van der Waals surface area (Å²) in [5, 5.41) is 14.8. The van der Waals surface area contributed by atoms with Crippen molar-refractivity contribution in [3.8, 4) is 0 Å². The average molecular weight is 300 g/mol. The van der Waals surface area contributed by atoms with Crippen molar-refractivity contribution in [3.63, 3.8) is 0 Å². The molecule has 1 N–H and O–H groups in total. The molecule has 0 aliphatic heterocycles. The molecule has 2 heterocycles. The minimum absolute atomic E-state index is 0.265. The van der Waals surface area contributed by atoms with Crippen LogP contribution in [0.2, 0.25) is 0 Å². The predicted octanol–water partition coefficient (Wildman–Crippen LogP) is 3.97. The molecule has 0 radical (unpaired) electrons. The number of aromatic carboxylic acids is 1. The van der Waals surface area contributed by atoms with Crippen molar-refractivity contribution in [2.75, 3.05) is 0 Å². The van der Waals surface area contributed by atoms with E-state index in [0.717, 1.165) is 21.5 Å². The summed E-state index contributed by atoms with van der Waals surface area (Å²) in [6.45, 7) is 4.81. The monoisotopic (exact) mass is 300 g/mol. The molecule has 3 aromatic rings. The van der Waals surface area contributed by atoms with Gasteiger partial charge >= 0.3 is 5.97 Å². The van der Waals surface area contributed by atoms with E-state index in [0.29, 0.717) is 11.4 Å². The Bertz CT molecular complexity index is 787. The molecular weight excluding hydrogens is 284 g/mol. The first-order chi connectivity index (χ1) is 10.1. The van der Waals surface area contributed by atoms with Crippen molar-refractivity contribution in [1.29, 1.82) is 0 Å². The Labute approximate surface area is 126 Å². The van der Waals surface area contributed by atoms with Crippen LogP contribution in [-0.2, 0) is 6.54 Å². The van der Waals surface area contributed by atoms with E-state index in [1.165, 1.54) is 11.3 Å². The minimum atomic E-state index is -0.878. The second-order valence-corrected chi connectivity index (χ2v) is 6.35. The lowest BCUT2D eigenvalue weighted by atomic mass is 10.1. The van der Waals surface area contributed by atoms with E-state index in [2.05, 4.69) is 18.9 Å². The first-order valence-electron chi connectivity index (χ1n) is 6.83. The topological polar surface area (TPSA) is 55.1 Å². The lowest BCUT2D eigenvalue weighted by molar-refractivity contribution is 0.0702. The van der Waals surface area contributed by atoms with Gasteiger partial charge in [-0.2, -0.15) is 5.10 Å². The molecule has 2 aromatic heterocycles. The normalized spacial score (nSPS) is 11.4. The van der Waals surface area contributed by atoms with Gasteiger partial charge in [-0.3, -0.25) is 4.68 Å². The Morgan fingerprint density at radius 3 is 2.67 bits per heavy atom. The molecule has 0 atom stereocenters. The fraction of sp³-hybridized carbons (Fsp3) is 0.250. The quantitative estimate of drug-likeness (QED) is 0.793. The van der Waals surface area contributed by atoms with Gasteiger partial charge in [0.1, 0.15) is 9.71 Å². The lowest BCUT2D eigenvalue weighted by Gasteiger charge is -2.03. The molecule has 0 unspecified atom stereocenters. The molecule has 21 heavy (non-hydrogen) atoms. The smallest absolute Gasteiger partial charge is 0.345 e. The van der Waals surface area contributed by atoms with Gasteiger partial charge in [0.15, 0.2) is 0 Å². The number of carbonyl (C=O) groups is 1. The number of thiophene rings is 1. The zero-order valence-electron chi connectivity index (χ0n) is 11.9. The van der Waals surface area contributed by atoms with Gasteiger partial charge in [-0.05, 0) is 17.5 Å². The Morgan fingerprint density at radius 2 is 2.05 bits per heavy atom. The molecule has 0 amide bonds. The SMILES string of the molecule is CC(C)c1nn(Cc2ccccc2)c2sc(C(=O)O)cc12. The molecule has 0 saturated heterocycles. The fourth-order valence-corrected chi connectivity index (χ4v) is 3.34. The number of hydrogen-bond donors (Lipinski definition) is 1. The van der Waals surface area contributed by atoms with Crippen LogP contribution in [-0.4, -0.2) is 20.9 Å². The zero-order chi connectivity index (χ0) is 15.0. The van der Waals surface area contributed by atoms with Crippen molar-refractivity contribution in [1.82, 2.24) is 9.78 Å². The van der Waals surface area contributed by atoms with Gasteiger partial charge in [-0.1, -0.05) is 44.2 Å². The highest BCUT2D eigenvalue weighted by atomic mass is 32.1. The summed E-state index contributed by atoms with van der Waals surface area (Å²) >= 11 is 1.29. The van der Waals surface area contributed by atoms with Crippen molar-refractivity contribution < 1.29 is 9.90 Å². The summed E-state index contributed by atoms with van der Waals surface area (Å²) < 4.78 is 1.91. The molecule has 0 spiro atoms. The van der Waals surface area contributed by atoms with Crippen LogP contribution < -0.4 is 0 Å².